The third-order valence-corrected chi connectivity index (χ3v) is 8.42. The van der Waals surface area contributed by atoms with Gasteiger partial charge >= 0.3 is 0 Å². The quantitative estimate of drug-likeness (QED) is 0.434. The zero-order chi connectivity index (χ0) is 13.8. The second-order valence-corrected chi connectivity index (χ2v) is 11.2. The van der Waals surface area contributed by atoms with Gasteiger partial charge in [-0.2, -0.15) is 0 Å². The van der Waals surface area contributed by atoms with Crippen molar-refractivity contribution < 1.29 is 13.9 Å². The van der Waals surface area contributed by atoms with Gasteiger partial charge < -0.3 is 13.9 Å². The Morgan fingerprint density at radius 3 is 2.50 bits per heavy atom. The monoisotopic (exact) mass is 272 g/mol. The van der Waals surface area contributed by atoms with Gasteiger partial charge in [0.1, 0.15) is 6.79 Å². The second kappa shape index (κ2) is 6.33. The summed E-state index contributed by atoms with van der Waals surface area (Å²) in [5.74, 6) is 0. The van der Waals surface area contributed by atoms with E-state index in [1.807, 2.05) is 0 Å². The second-order valence-electron chi connectivity index (χ2n) is 6.46. The highest BCUT2D eigenvalue weighted by molar-refractivity contribution is 6.74. The molecule has 1 aliphatic carbocycles. The van der Waals surface area contributed by atoms with Crippen LogP contribution in [0, 0.1) is 0 Å². The third kappa shape index (κ3) is 4.19. The van der Waals surface area contributed by atoms with Gasteiger partial charge in [0, 0.05) is 7.11 Å². The van der Waals surface area contributed by atoms with Crippen molar-refractivity contribution in [2.75, 3.05) is 13.9 Å². The van der Waals surface area contributed by atoms with E-state index >= 15 is 0 Å². The summed E-state index contributed by atoms with van der Waals surface area (Å²) in [7, 11) is -0.0903. The molecule has 4 heteroatoms. The van der Waals surface area contributed by atoms with Crippen molar-refractivity contribution in [2.45, 2.75) is 64.0 Å². The predicted octanol–water partition coefficient (Wildman–Crippen LogP) is 3.72. The van der Waals surface area contributed by atoms with Crippen molar-refractivity contribution in [2.24, 2.45) is 0 Å². The van der Waals surface area contributed by atoms with Gasteiger partial charge in [-0.3, -0.25) is 0 Å². The smallest absolute Gasteiger partial charge is 0.193 e. The molecule has 0 aromatic carbocycles. The van der Waals surface area contributed by atoms with Crippen LogP contribution in [0.5, 0.6) is 0 Å². The summed E-state index contributed by atoms with van der Waals surface area (Å²) in [6.45, 7) is 11.7. The van der Waals surface area contributed by atoms with Crippen molar-refractivity contribution in [3.05, 3.63) is 12.2 Å². The maximum atomic E-state index is 6.42. The van der Waals surface area contributed by atoms with E-state index in [1.54, 1.807) is 7.11 Å². The van der Waals surface area contributed by atoms with Gasteiger partial charge in [-0.1, -0.05) is 32.9 Å². The van der Waals surface area contributed by atoms with Crippen LogP contribution in [-0.2, 0) is 13.9 Å². The lowest BCUT2D eigenvalue weighted by Crippen LogP contribution is -2.47. The Morgan fingerprint density at radius 2 is 1.94 bits per heavy atom. The Balaban J connectivity index is 2.67. The number of hydrogen-bond donors (Lipinski definition) is 0. The van der Waals surface area contributed by atoms with Gasteiger partial charge in [-0.15, -0.1) is 0 Å². The van der Waals surface area contributed by atoms with E-state index < -0.39 is 8.32 Å². The zero-order valence-electron chi connectivity index (χ0n) is 12.7. The molecule has 0 spiro atoms. The Morgan fingerprint density at radius 1 is 1.28 bits per heavy atom. The molecule has 0 fully saturated rings. The number of hydrogen-bond acceptors (Lipinski definition) is 3. The highest BCUT2D eigenvalue weighted by atomic mass is 28.4. The summed E-state index contributed by atoms with van der Waals surface area (Å²) in [6, 6.07) is 0. The molecule has 1 aliphatic rings. The highest BCUT2D eigenvalue weighted by Gasteiger charge is 2.40. The maximum Gasteiger partial charge on any atom is 0.193 e. The third-order valence-electron chi connectivity index (χ3n) is 3.95. The molecule has 2 atom stereocenters. The maximum absolute atomic E-state index is 6.42. The van der Waals surface area contributed by atoms with E-state index in [-0.39, 0.29) is 17.2 Å². The van der Waals surface area contributed by atoms with Gasteiger partial charge in [0.2, 0.25) is 0 Å². The molecule has 1 rings (SSSR count). The molecule has 0 aromatic rings. The van der Waals surface area contributed by atoms with Gasteiger partial charge in [0.15, 0.2) is 8.32 Å². The summed E-state index contributed by atoms with van der Waals surface area (Å²) >= 11 is 0. The van der Waals surface area contributed by atoms with E-state index in [9.17, 15) is 0 Å². The van der Waals surface area contributed by atoms with E-state index in [4.69, 9.17) is 13.9 Å². The summed E-state index contributed by atoms with van der Waals surface area (Å²) in [5.41, 5.74) is 0. The van der Waals surface area contributed by atoms with Gasteiger partial charge in [-0.05, 0) is 31.0 Å². The molecule has 0 saturated carbocycles. The van der Waals surface area contributed by atoms with E-state index in [0.717, 1.165) is 12.8 Å². The summed E-state index contributed by atoms with van der Waals surface area (Å²) in [6.07, 6.45) is 6.64. The minimum absolute atomic E-state index is 0.0785. The summed E-state index contributed by atoms with van der Waals surface area (Å²) in [5, 5.41) is 0.226. The summed E-state index contributed by atoms with van der Waals surface area (Å²) in [4.78, 5) is 0. The van der Waals surface area contributed by atoms with Crippen LogP contribution in [-0.4, -0.2) is 34.4 Å². The van der Waals surface area contributed by atoms with Crippen LogP contribution in [0.1, 0.15) is 33.6 Å². The number of methoxy groups -OCH3 is 1. The van der Waals surface area contributed by atoms with Gasteiger partial charge in [0.25, 0.3) is 0 Å². The van der Waals surface area contributed by atoms with Crippen molar-refractivity contribution in [3.8, 4) is 0 Å². The number of allylic oxidation sites excluding steroid dienone is 1. The van der Waals surface area contributed by atoms with Crippen LogP contribution in [0.15, 0.2) is 12.2 Å². The lowest BCUT2D eigenvalue weighted by atomic mass is 10.0. The lowest BCUT2D eigenvalue weighted by molar-refractivity contribution is -0.103. The molecular formula is C14H28O3Si. The minimum atomic E-state index is -1.75. The predicted molar refractivity (Wildman–Crippen MR) is 77.2 cm³/mol. The topological polar surface area (TPSA) is 27.7 Å². The van der Waals surface area contributed by atoms with Crippen LogP contribution < -0.4 is 0 Å². The van der Waals surface area contributed by atoms with Crippen molar-refractivity contribution in [1.29, 1.82) is 0 Å². The van der Waals surface area contributed by atoms with E-state index in [1.165, 1.54) is 0 Å². The Labute approximate surface area is 113 Å². The van der Waals surface area contributed by atoms with Gasteiger partial charge in [-0.25, -0.2) is 0 Å². The molecule has 18 heavy (non-hydrogen) atoms. The molecule has 0 N–H and O–H groups in total. The SMILES string of the molecule is COCO[C@@H]1CCC=C[C@H]1O[Si](C)(C)C(C)(C)C. The number of rotatable bonds is 5. The van der Waals surface area contributed by atoms with Crippen LogP contribution in [0.3, 0.4) is 0 Å². The first-order valence-corrected chi connectivity index (χ1v) is 9.64. The lowest BCUT2D eigenvalue weighted by Gasteiger charge is -2.41. The molecule has 0 amide bonds. The zero-order valence-corrected chi connectivity index (χ0v) is 13.7. The van der Waals surface area contributed by atoms with Crippen molar-refractivity contribution >= 4 is 8.32 Å². The molecule has 3 nitrogen and oxygen atoms in total. The first kappa shape index (κ1) is 15.9. The fraction of sp³-hybridized carbons (Fsp3) is 0.857. The Bertz CT molecular complexity index is 281. The average molecular weight is 272 g/mol. The van der Waals surface area contributed by atoms with Gasteiger partial charge in [0.05, 0.1) is 12.2 Å². The van der Waals surface area contributed by atoms with Crippen molar-refractivity contribution in [1.82, 2.24) is 0 Å². The molecule has 0 aliphatic heterocycles. The molecule has 0 unspecified atom stereocenters. The van der Waals surface area contributed by atoms with Crippen LogP contribution >= 0.6 is 0 Å². The average Bonchev–Trinajstić information content (AvgIpc) is 2.26. The molecule has 106 valence electrons. The van der Waals surface area contributed by atoms with Crippen LogP contribution in [0.25, 0.3) is 0 Å². The molecular weight excluding hydrogens is 244 g/mol. The largest absolute Gasteiger partial charge is 0.408 e. The summed E-state index contributed by atoms with van der Waals surface area (Å²) < 4.78 is 17.2. The Kier molecular flexibility index (Phi) is 5.59. The van der Waals surface area contributed by atoms with E-state index in [2.05, 4.69) is 46.0 Å². The molecule has 0 saturated heterocycles. The fourth-order valence-corrected chi connectivity index (χ4v) is 3.01. The first-order valence-electron chi connectivity index (χ1n) is 6.73. The fourth-order valence-electron chi connectivity index (χ4n) is 1.74. The normalized spacial score (nSPS) is 25.4. The highest BCUT2D eigenvalue weighted by Crippen LogP contribution is 2.38. The standard InChI is InChI=1S/C14H28O3Si/c1-14(2,3)18(5,6)17-13-10-8-7-9-12(13)16-11-15-4/h8,10,12-13H,7,9,11H2,1-6H3/t12-,13-/m1/s1. The Hall–Kier alpha value is -0.163. The van der Waals surface area contributed by atoms with E-state index in [0.29, 0.717) is 6.79 Å². The number of ether oxygens (including phenoxy) is 2. The van der Waals surface area contributed by atoms with Crippen LogP contribution in [0.2, 0.25) is 18.1 Å². The molecule has 0 bridgehead atoms. The minimum Gasteiger partial charge on any atom is -0.408 e. The first-order chi connectivity index (χ1) is 8.28. The molecule has 0 radical (unpaired) electrons. The van der Waals surface area contributed by atoms with Crippen molar-refractivity contribution in [3.63, 3.8) is 0 Å². The molecule has 0 aromatic heterocycles. The van der Waals surface area contributed by atoms with Crippen LogP contribution in [0.4, 0.5) is 0 Å². The molecule has 0 heterocycles.